The molecule has 0 radical (unpaired) electrons. The number of halogens is 3. The molecule has 1 aromatic heterocycles. The fourth-order valence-electron chi connectivity index (χ4n) is 2.35. The standard InChI is InChI=1S/C21H16Cl3N3OS/c1-13(21(28)27-19-17(22)5-2-6-18(19)23)29-16-9-7-15(8-10-16)26-12-14-4-3-11-25-20(14)24/h2-13H,1H3,(H,27,28)/t13-/m0/s1. The highest BCUT2D eigenvalue weighted by molar-refractivity contribution is 8.00. The quantitative estimate of drug-likeness (QED) is 0.245. The molecule has 4 nitrogen and oxygen atoms in total. The number of anilines is 1. The minimum Gasteiger partial charge on any atom is -0.323 e. The first kappa shape index (κ1) is 21.7. The van der Waals surface area contributed by atoms with Gasteiger partial charge in [-0.15, -0.1) is 11.8 Å². The van der Waals surface area contributed by atoms with Crippen molar-refractivity contribution >= 4 is 70.1 Å². The zero-order valence-corrected chi connectivity index (χ0v) is 18.4. The summed E-state index contributed by atoms with van der Waals surface area (Å²) in [6, 6.07) is 16.3. The first-order valence-electron chi connectivity index (χ1n) is 8.60. The Labute approximate surface area is 188 Å². The maximum atomic E-state index is 12.5. The summed E-state index contributed by atoms with van der Waals surface area (Å²) in [5.74, 6) is -0.182. The maximum Gasteiger partial charge on any atom is 0.237 e. The molecule has 0 aliphatic heterocycles. The molecule has 0 fully saturated rings. The molecule has 8 heteroatoms. The average Bonchev–Trinajstić information content (AvgIpc) is 2.71. The van der Waals surface area contributed by atoms with Gasteiger partial charge in [0, 0.05) is 22.9 Å². The summed E-state index contributed by atoms with van der Waals surface area (Å²) in [7, 11) is 0. The Morgan fingerprint density at radius 2 is 1.76 bits per heavy atom. The fraction of sp³-hybridized carbons (Fsp3) is 0.0952. The normalized spacial score (nSPS) is 12.1. The predicted octanol–water partition coefficient (Wildman–Crippen LogP) is 6.91. The number of aliphatic imine (C=N–C) groups is 1. The summed E-state index contributed by atoms with van der Waals surface area (Å²) in [5, 5.41) is 3.65. The molecule has 29 heavy (non-hydrogen) atoms. The Kier molecular flexibility index (Phi) is 7.56. The highest BCUT2D eigenvalue weighted by Crippen LogP contribution is 2.31. The first-order valence-corrected chi connectivity index (χ1v) is 10.6. The molecule has 1 atom stereocenters. The number of amides is 1. The van der Waals surface area contributed by atoms with E-state index in [0.717, 1.165) is 16.1 Å². The van der Waals surface area contributed by atoms with Crippen LogP contribution < -0.4 is 5.32 Å². The van der Waals surface area contributed by atoms with Gasteiger partial charge in [-0.05, 0) is 55.5 Å². The zero-order valence-electron chi connectivity index (χ0n) is 15.3. The van der Waals surface area contributed by atoms with Crippen molar-refractivity contribution in [2.24, 2.45) is 4.99 Å². The third kappa shape index (κ3) is 5.97. The molecule has 2 aromatic carbocycles. The second kappa shape index (κ2) is 10.1. The van der Waals surface area contributed by atoms with Crippen molar-refractivity contribution in [3.8, 4) is 0 Å². The van der Waals surface area contributed by atoms with Gasteiger partial charge in [0.25, 0.3) is 0 Å². The van der Waals surface area contributed by atoms with Gasteiger partial charge in [-0.3, -0.25) is 9.79 Å². The van der Waals surface area contributed by atoms with Crippen LogP contribution >= 0.6 is 46.6 Å². The molecule has 0 bridgehead atoms. The van der Waals surface area contributed by atoms with E-state index in [1.54, 1.807) is 36.7 Å². The second-order valence-electron chi connectivity index (χ2n) is 5.98. The smallest absolute Gasteiger partial charge is 0.237 e. The van der Waals surface area contributed by atoms with E-state index >= 15 is 0 Å². The van der Waals surface area contributed by atoms with Crippen LogP contribution in [0.25, 0.3) is 0 Å². The van der Waals surface area contributed by atoms with Gasteiger partial charge < -0.3 is 5.32 Å². The molecular formula is C21H16Cl3N3OS. The van der Waals surface area contributed by atoms with Crippen LogP contribution in [0.5, 0.6) is 0 Å². The van der Waals surface area contributed by atoms with Crippen LogP contribution in [0.4, 0.5) is 11.4 Å². The molecule has 1 N–H and O–H groups in total. The summed E-state index contributed by atoms with van der Waals surface area (Å²) >= 11 is 19.7. The van der Waals surface area contributed by atoms with Crippen LogP contribution in [0.1, 0.15) is 12.5 Å². The van der Waals surface area contributed by atoms with Crippen molar-refractivity contribution in [3.63, 3.8) is 0 Å². The minimum atomic E-state index is -0.342. The van der Waals surface area contributed by atoms with E-state index in [1.807, 2.05) is 37.3 Å². The highest BCUT2D eigenvalue weighted by atomic mass is 35.5. The number of para-hydroxylation sites is 1. The van der Waals surface area contributed by atoms with Gasteiger partial charge in [0.15, 0.2) is 0 Å². The Balaban J connectivity index is 1.61. The number of benzene rings is 2. The molecule has 0 unspecified atom stereocenters. The number of rotatable bonds is 6. The predicted molar refractivity (Wildman–Crippen MR) is 123 cm³/mol. The van der Waals surface area contributed by atoms with Crippen LogP contribution in [-0.2, 0) is 4.79 Å². The van der Waals surface area contributed by atoms with Gasteiger partial charge in [-0.25, -0.2) is 4.98 Å². The van der Waals surface area contributed by atoms with E-state index in [2.05, 4.69) is 15.3 Å². The highest BCUT2D eigenvalue weighted by Gasteiger charge is 2.17. The van der Waals surface area contributed by atoms with Gasteiger partial charge in [-0.1, -0.05) is 40.9 Å². The molecular weight excluding hydrogens is 449 g/mol. The summed E-state index contributed by atoms with van der Waals surface area (Å²) < 4.78 is 0. The van der Waals surface area contributed by atoms with E-state index < -0.39 is 0 Å². The molecule has 0 spiro atoms. The Bertz CT molecular complexity index is 1020. The number of aromatic nitrogens is 1. The van der Waals surface area contributed by atoms with Crippen molar-refractivity contribution in [1.82, 2.24) is 4.98 Å². The number of hydrogen-bond acceptors (Lipinski definition) is 4. The van der Waals surface area contributed by atoms with E-state index in [-0.39, 0.29) is 11.2 Å². The van der Waals surface area contributed by atoms with Gasteiger partial charge >= 0.3 is 0 Å². The topological polar surface area (TPSA) is 54.4 Å². The Morgan fingerprint density at radius 3 is 2.41 bits per heavy atom. The van der Waals surface area contributed by atoms with Crippen LogP contribution in [-0.4, -0.2) is 22.4 Å². The van der Waals surface area contributed by atoms with Crippen LogP contribution in [0.2, 0.25) is 15.2 Å². The summed E-state index contributed by atoms with van der Waals surface area (Å²) in [5.41, 5.74) is 1.94. The van der Waals surface area contributed by atoms with Gasteiger partial charge in [0.1, 0.15) is 5.15 Å². The van der Waals surface area contributed by atoms with Crippen LogP contribution in [0.15, 0.2) is 70.7 Å². The van der Waals surface area contributed by atoms with Crippen LogP contribution in [0.3, 0.4) is 0 Å². The molecule has 0 saturated heterocycles. The van der Waals surface area contributed by atoms with Crippen molar-refractivity contribution in [2.45, 2.75) is 17.1 Å². The Hall–Kier alpha value is -2.05. The van der Waals surface area contributed by atoms with Crippen molar-refractivity contribution < 1.29 is 4.79 Å². The molecule has 148 valence electrons. The van der Waals surface area contributed by atoms with Crippen molar-refractivity contribution in [2.75, 3.05) is 5.32 Å². The number of nitrogens with zero attached hydrogens (tertiary/aromatic N) is 2. The van der Waals surface area contributed by atoms with Crippen LogP contribution in [0, 0.1) is 0 Å². The van der Waals surface area contributed by atoms with E-state index in [0.29, 0.717) is 20.9 Å². The SMILES string of the molecule is C[C@H](Sc1ccc(N=Cc2cccnc2Cl)cc1)C(=O)Nc1c(Cl)cccc1Cl. The third-order valence-corrected chi connectivity index (χ3v) is 5.93. The summed E-state index contributed by atoms with van der Waals surface area (Å²) in [6.45, 7) is 1.82. The lowest BCUT2D eigenvalue weighted by molar-refractivity contribution is -0.115. The molecule has 0 saturated carbocycles. The Morgan fingerprint density at radius 1 is 1.07 bits per heavy atom. The largest absolute Gasteiger partial charge is 0.323 e. The van der Waals surface area contributed by atoms with Gasteiger partial charge in [0.05, 0.1) is 26.7 Å². The number of hydrogen-bond donors (Lipinski definition) is 1. The maximum absolute atomic E-state index is 12.5. The second-order valence-corrected chi connectivity index (χ2v) is 8.57. The monoisotopic (exact) mass is 463 g/mol. The van der Waals surface area contributed by atoms with Crippen molar-refractivity contribution in [3.05, 3.63) is 81.6 Å². The molecule has 1 amide bonds. The zero-order chi connectivity index (χ0) is 20.8. The molecule has 1 heterocycles. The minimum absolute atomic E-state index is 0.182. The summed E-state index contributed by atoms with van der Waals surface area (Å²) in [6.07, 6.45) is 3.30. The number of thioether (sulfide) groups is 1. The first-order chi connectivity index (χ1) is 13.9. The van der Waals surface area contributed by atoms with E-state index in [9.17, 15) is 4.79 Å². The van der Waals surface area contributed by atoms with Gasteiger partial charge in [0.2, 0.25) is 5.91 Å². The lowest BCUT2D eigenvalue weighted by Crippen LogP contribution is -2.22. The van der Waals surface area contributed by atoms with E-state index in [1.165, 1.54) is 11.8 Å². The van der Waals surface area contributed by atoms with E-state index in [4.69, 9.17) is 34.8 Å². The average molecular weight is 465 g/mol. The molecule has 3 rings (SSSR count). The van der Waals surface area contributed by atoms with Crippen molar-refractivity contribution in [1.29, 1.82) is 0 Å². The number of carbonyl (C=O) groups is 1. The fourth-order valence-corrected chi connectivity index (χ4v) is 3.88. The third-order valence-electron chi connectivity index (χ3n) is 3.87. The number of nitrogens with one attached hydrogen (secondary N) is 1. The molecule has 0 aliphatic carbocycles. The lowest BCUT2D eigenvalue weighted by atomic mass is 10.3. The number of pyridine rings is 1. The molecule has 3 aromatic rings. The number of carbonyl (C=O) groups excluding carboxylic acids is 1. The molecule has 0 aliphatic rings. The van der Waals surface area contributed by atoms with Gasteiger partial charge in [-0.2, -0.15) is 0 Å². The lowest BCUT2D eigenvalue weighted by Gasteiger charge is -2.14. The summed E-state index contributed by atoms with van der Waals surface area (Å²) in [4.78, 5) is 21.8.